The maximum atomic E-state index is 12.4. The highest BCUT2D eigenvalue weighted by Crippen LogP contribution is 2.30. The van der Waals surface area contributed by atoms with Crippen LogP contribution in [0.15, 0.2) is 18.2 Å². The number of carbonyl (C=O) groups is 2. The van der Waals surface area contributed by atoms with Crippen LogP contribution in [-0.4, -0.2) is 42.1 Å². The number of carbonyl (C=O) groups excluding carboxylic acids is 1. The Morgan fingerprint density at radius 2 is 2.24 bits per heavy atom. The van der Waals surface area contributed by atoms with E-state index in [9.17, 15) is 9.59 Å². The minimum atomic E-state index is -0.910. The number of aliphatic carboxylic acids is 1. The molecule has 2 atom stereocenters. The van der Waals surface area contributed by atoms with Crippen molar-refractivity contribution in [2.75, 3.05) is 20.2 Å². The molecule has 1 heterocycles. The van der Waals surface area contributed by atoms with Gasteiger partial charge >= 0.3 is 5.97 Å². The summed E-state index contributed by atoms with van der Waals surface area (Å²) in [6.45, 7) is 2.07. The van der Waals surface area contributed by atoms with Crippen molar-refractivity contribution in [1.82, 2.24) is 4.90 Å². The Labute approximate surface area is 128 Å². The van der Waals surface area contributed by atoms with E-state index < -0.39 is 11.9 Å². The second-order valence-corrected chi connectivity index (χ2v) is 5.86. The van der Waals surface area contributed by atoms with Crippen molar-refractivity contribution in [2.45, 2.75) is 13.3 Å². The molecule has 0 bridgehead atoms. The number of fused-ring (bicyclic) bond motifs is 1. The molecule has 0 aromatic heterocycles. The van der Waals surface area contributed by atoms with Crippen molar-refractivity contribution in [2.24, 2.45) is 11.8 Å². The average Bonchev–Trinajstić information content (AvgIpc) is 2.45. The van der Waals surface area contributed by atoms with Gasteiger partial charge in [0.1, 0.15) is 12.4 Å². The Balaban J connectivity index is 2.03. The molecule has 0 radical (unpaired) electrons. The lowest BCUT2D eigenvalue weighted by atomic mass is 9.95. The molecule has 0 saturated heterocycles. The highest BCUT2D eigenvalue weighted by molar-refractivity contribution is 6.30. The Bertz CT molecular complexity index is 561. The first-order valence-corrected chi connectivity index (χ1v) is 7.15. The zero-order chi connectivity index (χ0) is 15.6. The van der Waals surface area contributed by atoms with Gasteiger partial charge in [0, 0.05) is 18.6 Å². The second-order valence-electron chi connectivity index (χ2n) is 5.42. The summed E-state index contributed by atoms with van der Waals surface area (Å²) in [6.07, 6.45) is 0.556. The summed E-state index contributed by atoms with van der Waals surface area (Å²) in [4.78, 5) is 24.7. The molecule has 114 valence electrons. The third-order valence-corrected chi connectivity index (χ3v) is 3.86. The number of benzene rings is 1. The van der Waals surface area contributed by atoms with E-state index in [1.54, 1.807) is 32.2 Å². The largest absolute Gasteiger partial charge is 0.492 e. The molecule has 2 rings (SSSR count). The Morgan fingerprint density at radius 3 is 2.90 bits per heavy atom. The van der Waals surface area contributed by atoms with Gasteiger partial charge in [-0.3, -0.25) is 9.59 Å². The Kier molecular flexibility index (Phi) is 4.73. The molecule has 5 nitrogen and oxygen atoms in total. The van der Waals surface area contributed by atoms with Gasteiger partial charge in [0.05, 0.1) is 11.8 Å². The molecule has 0 aliphatic carbocycles. The highest BCUT2D eigenvalue weighted by atomic mass is 35.5. The molecule has 0 saturated carbocycles. The molecule has 1 amide bonds. The predicted octanol–water partition coefficient (Wildman–Crippen LogP) is 2.07. The lowest BCUT2D eigenvalue weighted by Gasteiger charge is -2.29. The first-order chi connectivity index (χ1) is 9.88. The number of carboxylic acid groups (broad SMARTS) is 1. The van der Waals surface area contributed by atoms with E-state index >= 15 is 0 Å². The minimum absolute atomic E-state index is 0.103. The minimum Gasteiger partial charge on any atom is -0.492 e. The topological polar surface area (TPSA) is 66.8 Å². The lowest BCUT2D eigenvalue weighted by Crippen LogP contribution is -2.41. The van der Waals surface area contributed by atoms with Gasteiger partial charge in [-0.2, -0.15) is 0 Å². The fourth-order valence-corrected chi connectivity index (χ4v) is 2.61. The number of nitrogens with zero attached hydrogens (tertiary/aromatic N) is 1. The quantitative estimate of drug-likeness (QED) is 0.924. The molecule has 21 heavy (non-hydrogen) atoms. The van der Waals surface area contributed by atoms with Crippen LogP contribution in [0.2, 0.25) is 5.02 Å². The summed E-state index contributed by atoms with van der Waals surface area (Å²) in [6, 6.07) is 5.36. The molecule has 6 heteroatoms. The first-order valence-electron chi connectivity index (χ1n) is 6.77. The summed E-state index contributed by atoms with van der Waals surface area (Å²) in [5, 5.41) is 9.52. The number of ether oxygens (including phenoxy) is 1. The van der Waals surface area contributed by atoms with Gasteiger partial charge in [-0.15, -0.1) is 0 Å². The molecule has 1 aromatic rings. The van der Waals surface area contributed by atoms with Crippen molar-refractivity contribution in [3.05, 3.63) is 28.8 Å². The van der Waals surface area contributed by atoms with Gasteiger partial charge in [-0.25, -0.2) is 0 Å². The third-order valence-electron chi connectivity index (χ3n) is 3.62. The molecule has 1 aromatic carbocycles. The van der Waals surface area contributed by atoms with Crippen molar-refractivity contribution in [3.8, 4) is 5.75 Å². The fourth-order valence-electron chi connectivity index (χ4n) is 2.41. The van der Waals surface area contributed by atoms with Gasteiger partial charge < -0.3 is 14.7 Å². The summed E-state index contributed by atoms with van der Waals surface area (Å²) >= 11 is 5.95. The van der Waals surface area contributed by atoms with E-state index in [-0.39, 0.29) is 18.4 Å². The SMILES string of the molecule is C[C@H](CN(C)C(=O)[C@@H]1COc2ccc(Cl)cc2C1)C(=O)O. The number of hydrogen-bond donors (Lipinski definition) is 1. The van der Waals surface area contributed by atoms with Crippen LogP contribution in [0.3, 0.4) is 0 Å². The van der Waals surface area contributed by atoms with Crippen LogP contribution in [0.5, 0.6) is 5.75 Å². The zero-order valence-corrected chi connectivity index (χ0v) is 12.8. The fraction of sp³-hybridized carbons (Fsp3) is 0.467. The van der Waals surface area contributed by atoms with E-state index in [2.05, 4.69) is 0 Å². The predicted molar refractivity (Wildman–Crippen MR) is 78.6 cm³/mol. The normalized spacial score (nSPS) is 18.3. The van der Waals surface area contributed by atoms with Crippen LogP contribution in [0.4, 0.5) is 0 Å². The van der Waals surface area contributed by atoms with Crippen LogP contribution < -0.4 is 4.74 Å². The number of hydrogen-bond acceptors (Lipinski definition) is 3. The third kappa shape index (κ3) is 3.67. The maximum absolute atomic E-state index is 12.4. The monoisotopic (exact) mass is 311 g/mol. The molecule has 0 spiro atoms. The highest BCUT2D eigenvalue weighted by Gasteiger charge is 2.29. The zero-order valence-electron chi connectivity index (χ0n) is 12.0. The molecule has 0 unspecified atom stereocenters. The van der Waals surface area contributed by atoms with Crippen molar-refractivity contribution in [1.29, 1.82) is 0 Å². The van der Waals surface area contributed by atoms with Crippen molar-refractivity contribution in [3.63, 3.8) is 0 Å². The van der Waals surface area contributed by atoms with E-state index in [0.717, 1.165) is 11.3 Å². The Morgan fingerprint density at radius 1 is 1.52 bits per heavy atom. The van der Waals surface area contributed by atoms with Crippen molar-refractivity contribution >= 4 is 23.5 Å². The van der Waals surface area contributed by atoms with E-state index in [4.69, 9.17) is 21.4 Å². The summed E-state index contributed by atoms with van der Waals surface area (Å²) in [5.74, 6) is -1.16. The van der Waals surface area contributed by atoms with E-state index in [0.29, 0.717) is 18.1 Å². The van der Waals surface area contributed by atoms with Gasteiger partial charge in [-0.1, -0.05) is 18.5 Å². The molecular formula is C15H18ClNO4. The molecular weight excluding hydrogens is 294 g/mol. The van der Waals surface area contributed by atoms with E-state index in [1.807, 2.05) is 0 Å². The maximum Gasteiger partial charge on any atom is 0.308 e. The molecule has 1 aliphatic heterocycles. The second kappa shape index (κ2) is 6.35. The van der Waals surface area contributed by atoms with Crippen molar-refractivity contribution < 1.29 is 19.4 Å². The number of amides is 1. The summed E-state index contributed by atoms with van der Waals surface area (Å²) in [7, 11) is 1.62. The van der Waals surface area contributed by atoms with Gasteiger partial charge in [-0.05, 0) is 30.2 Å². The van der Waals surface area contributed by atoms with Gasteiger partial charge in [0.15, 0.2) is 0 Å². The van der Waals surface area contributed by atoms with Crippen LogP contribution in [-0.2, 0) is 16.0 Å². The first kappa shape index (κ1) is 15.6. The van der Waals surface area contributed by atoms with Crippen LogP contribution in [0.1, 0.15) is 12.5 Å². The standard InChI is InChI=1S/C15H18ClNO4/c1-9(15(19)20)7-17(2)14(18)11-5-10-6-12(16)3-4-13(10)21-8-11/h3-4,6,9,11H,5,7-8H2,1-2H3,(H,19,20)/t9-,11+/m1/s1. The smallest absolute Gasteiger partial charge is 0.308 e. The number of rotatable bonds is 4. The summed E-state index contributed by atoms with van der Waals surface area (Å²) in [5.41, 5.74) is 0.909. The van der Waals surface area contributed by atoms with Crippen LogP contribution in [0, 0.1) is 11.8 Å². The lowest BCUT2D eigenvalue weighted by molar-refractivity contribution is -0.143. The summed E-state index contributed by atoms with van der Waals surface area (Å²) < 4.78 is 5.59. The Hall–Kier alpha value is -1.75. The molecule has 1 N–H and O–H groups in total. The van der Waals surface area contributed by atoms with Gasteiger partial charge in [0.25, 0.3) is 0 Å². The van der Waals surface area contributed by atoms with Gasteiger partial charge in [0.2, 0.25) is 5.91 Å². The van der Waals surface area contributed by atoms with Crippen LogP contribution in [0.25, 0.3) is 0 Å². The molecule has 0 fully saturated rings. The average molecular weight is 312 g/mol. The van der Waals surface area contributed by atoms with Crippen LogP contribution >= 0.6 is 11.6 Å². The molecule has 1 aliphatic rings. The number of halogens is 1. The number of carboxylic acids is 1. The van der Waals surface area contributed by atoms with E-state index in [1.165, 1.54) is 4.90 Å².